The van der Waals surface area contributed by atoms with Crippen molar-refractivity contribution in [2.45, 2.75) is 44.0 Å². The zero-order chi connectivity index (χ0) is 24.0. The van der Waals surface area contributed by atoms with Crippen molar-refractivity contribution < 1.29 is 27.9 Å². The van der Waals surface area contributed by atoms with E-state index in [9.17, 15) is 23.1 Å². The van der Waals surface area contributed by atoms with Gasteiger partial charge in [-0.1, -0.05) is 31.2 Å². The number of piperidine rings is 1. The van der Waals surface area contributed by atoms with Gasteiger partial charge in [-0.15, -0.1) is 11.3 Å². The fourth-order valence-corrected chi connectivity index (χ4v) is 6.48. The molecule has 1 amide bonds. The lowest BCUT2D eigenvalue weighted by molar-refractivity contribution is -0.124. The maximum Gasteiger partial charge on any atom is 0.350 e. The first kappa shape index (κ1) is 25.4. The highest BCUT2D eigenvalue weighted by Gasteiger charge is 2.33. The molecule has 1 unspecified atom stereocenters. The van der Waals surface area contributed by atoms with Gasteiger partial charge in [0.1, 0.15) is 9.77 Å². The van der Waals surface area contributed by atoms with Gasteiger partial charge < -0.3 is 15.2 Å². The van der Waals surface area contributed by atoms with E-state index in [0.29, 0.717) is 12.8 Å². The summed E-state index contributed by atoms with van der Waals surface area (Å²) < 4.78 is 32.5. The van der Waals surface area contributed by atoms with E-state index in [0.717, 1.165) is 23.3 Å². The van der Waals surface area contributed by atoms with Crippen molar-refractivity contribution in [2.24, 2.45) is 5.92 Å². The van der Waals surface area contributed by atoms with Gasteiger partial charge in [0.25, 0.3) is 5.91 Å². The van der Waals surface area contributed by atoms with Crippen molar-refractivity contribution in [1.82, 2.24) is 9.62 Å². The summed E-state index contributed by atoms with van der Waals surface area (Å²) in [7, 11) is -3.86. The second-order valence-corrected chi connectivity index (χ2v) is 10.9. The third kappa shape index (κ3) is 6.20. The van der Waals surface area contributed by atoms with Crippen LogP contribution in [-0.4, -0.2) is 56.0 Å². The lowest BCUT2D eigenvalue weighted by Gasteiger charge is -2.30. The maximum absolute atomic E-state index is 13.0. The second-order valence-electron chi connectivity index (χ2n) is 8.10. The number of rotatable bonds is 9. The van der Waals surface area contributed by atoms with Gasteiger partial charge in [0.15, 0.2) is 6.61 Å². The van der Waals surface area contributed by atoms with Crippen LogP contribution in [0.3, 0.4) is 0 Å². The van der Waals surface area contributed by atoms with Crippen LogP contribution in [0.5, 0.6) is 0 Å². The lowest BCUT2D eigenvalue weighted by atomic mass is 10.00. The number of nitrogens with one attached hydrogen (secondary N) is 1. The number of aliphatic hydroxyl groups excluding tert-OH is 1. The number of sulfonamides is 1. The van der Waals surface area contributed by atoms with E-state index in [1.54, 1.807) is 0 Å². The Kier molecular flexibility index (Phi) is 8.63. The van der Waals surface area contributed by atoms with E-state index in [2.05, 4.69) is 12.2 Å². The van der Waals surface area contributed by atoms with E-state index >= 15 is 0 Å². The predicted molar refractivity (Wildman–Crippen MR) is 126 cm³/mol. The van der Waals surface area contributed by atoms with Crippen molar-refractivity contribution in [3.8, 4) is 0 Å². The highest BCUT2D eigenvalue weighted by Crippen LogP contribution is 2.29. The van der Waals surface area contributed by atoms with E-state index in [-0.39, 0.29) is 41.4 Å². The van der Waals surface area contributed by atoms with Crippen LogP contribution in [0.25, 0.3) is 0 Å². The van der Waals surface area contributed by atoms with Crippen molar-refractivity contribution >= 4 is 33.2 Å². The number of nitrogens with zero attached hydrogens (tertiary/aromatic N) is 1. The van der Waals surface area contributed by atoms with Crippen molar-refractivity contribution in [3.63, 3.8) is 0 Å². The molecule has 3 rings (SSSR count). The van der Waals surface area contributed by atoms with E-state index < -0.39 is 28.5 Å². The number of benzene rings is 1. The van der Waals surface area contributed by atoms with E-state index in [1.165, 1.54) is 21.3 Å². The summed E-state index contributed by atoms with van der Waals surface area (Å²) in [6, 6.07) is 9.02. The Morgan fingerprint density at radius 1 is 1.21 bits per heavy atom. The molecule has 1 aliphatic rings. The van der Waals surface area contributed by atoms with Gasteiger partial charge in [0.05, 0.1) is 6.04 Å². The van der Waals surface area contributed by atoms with Gasteiger partial charge in [-0.25, -0.2) is 13.2 Å². The summed E-state index contributed by atoms with van der Waals surface area (Å²) >= 11 is 0.967. The SMILES string of the molecule is CCc1ccc(C(C)NC(=O)COC(=O)c2sccc2S(=O)(=O)N2CCC(CO)CC2)cc1. The predicted octanol–water partition coefficient (Wildman–Crippen LogP) is 2.74. The molecule has 0 aliphatic carbocycles. The Balaban J connectivity index is 1.58. The molecule has 1 fully saturated rings. The highest BCUT2D eigenvalue weighted by atomic mass is 32.2. The fraction of sp³-hybridized carbons (Fsp3) is 0.478. The van der Waals surface area contributed by atoms with Gasteiger partial charge in [-0.3, -0.25) is 4.79 Å². The number of hydrogen-bond donors (Lipinski definition) is 2. The van der Waals surface area contributed by atoms with Crippen LogP contribution >= 0.6 is 11.3 Å². The maximum atomic E-state index is 13.0. The molecule has 0 radical (unpaired) electrons. The summed E-state index contributed by atoms with van der Waals surface area (Å²) in [5.74, 6) is -1.22. The number of esters is 1. The Morgan fingerprint density at radius 2 is 1.88 bits per heavy atom. The minimum absolute atomic E-state index is 0.0364. The average Bonchev–Trinajstić information content (AvgIpc) is 3.34. The van der Waals surface area contributed by atoms with Crippen LogP contribution in [0.2, 0.25) is 0 Å². The number of carbonyl (C=O) groups excluding carboxylic acids is 2. The molecule has 0 saturated carbocycles. The molecule has 1 aromatic carbocycles. The topological polar surface area (TPSA) is 113 Å². The van der Waals surface area contributed by atoms with Gasteiger partial charge in [0, 0.05) is 19.7 Å². The summed E-state index contributed by atoms with van der Waals surface area (Å²) in [5.41, 5.74) is 2.13. The molecule has 1 saturated heterocycles. The van der Waals surface area contributed by atoms with E-state index in [1.807, 2.05) is 31.2 Å². The summed E-state index contributed by atoms with van der Waals surface area (Å²) in [6.45, 7) is 4.02. The number of ether oxygens (including phenoxy) is 1. The van der Waals surface area contributed by atoms with Crippen LogP contribution in [0.15, 0.2) is 40.6 Å². The minimum atomic E-state index is -3.86. The molecule has 0 bridgehead atoms. The molecule has 33 heavy (non-hydrogen) atoms. The van der Waals surface area contributed by atoms with Crippen LogP contribution in [0, 0.1) is 5.92 Å². The molecular weight excluding hydrogens is 464 g/mol. The van der Waals surface area contributed by atoms with E-state index in [4.69, 9.17) is 4.74 Å². The third-order valence-corrected chi connectivity index (χ3v) is 8.83. The Hall–Kier alpha value is -2.27. The molecule has 1 aliphatic heterocycles. The molecule has 1 atom stereocenters. The third-order valence-electron chi connectivity index (χ3n) is 5.86. The largest absolute Gasteiger partial charge is 0.451 e. The second kappa shape index (κ2) is 11.2. The number of amides is 1. The zero-order valence-electron chi connectivity index (χ0n) is 18.8. The Bertz CT molecular complexity index is 1060. The average molecular weight is 495 g/mol. The molecule has 180 valence electrons. The molecule has 10 heteroatoms. The molecule has 2 heterocycles. The molecule has 8 nitrogen and oxygen atoms in total. The Morgan fingerprint density at radius 3 is 2.48 bits per heavy atom. The highest BCUT2D eigenvalue weighted by molar-refractivity contribution is 7.89. The fourth-order valence-electron chi connectivity index (χ4n) is 3.73. The first-order chi connectivity index (χ1) is 15.8. The summed E-state index contributed by atoms with van der Waals surface area (Å²) in [5, 5.41) is 13.6. The number of aliphatic hydroxyl groups is 1. The first-order valence-electron chi connectivity index (χ1n) is 11.0. The zero-order valence-corrected chi connectivity index (χ0v) is 20.5. The Labute approximate surface area is 198 Å². The summed E-state index contributed by atoms with van der Waals surface area (Å²) in [4.78, 5) is 24.7. The molecule has 2 N–H and O–H groups in total. The van der Waals surface area contributed by atoms with Gasteiger partial charge in [-0.05, 0) is 54.7 Å². The number of hydrogen-bond acceptors (Lipinski definition) is 7. The van der Waals surface area contributed by atoms with Crippen LogP contribution in [-0.2, 0) is 26.0 Å². The number of thiophene rings is 1. The minimum Gasteiger partial charge on any atom is -0.451 e. The smallest absolute Gasteiger partial charge is 0.350 e. The molecule has 0 spiro atoms. The molecular formula is C23H30N2O6S2. The van der Waals surface area contributed by atoms with Crippen LogP contribution in [0.1, 0.15) is 53.5 Å². The van der Waals surface area contributed by atoms with Gasteiger partial charge in [-0.2, -0.15) is 4.31 Å². The quantitative estimate of drug-likeness (QED) is 0.519. The van der Waals surface area contributed by atoms with Gasteiger partial charge in [0.2, 0.25) is 10.0 Å². The molecule has 2 aromatic rings. The standard InChI is InChI=1S/C23H30N2O6S2/c1-3-17-4-6-19(7-5-17)16(2)24-21(27)15-31-23(28)22-20(10-13-32-22)33(29,30)25-11-8-18(14-26)9-12-25/h4-7,10,13,16,18,26H,3,8-9,11-12,14-15H2,1-2H3,(H,24,27). The van der Waals surface area contributed by atoms with Crippen molar-refractivity contribution in [1.29, 1.82) is 0 Å². The first-order valence-corrected chi connectivity index (χ1v) is 13.3. The molecule has 1 aromatic heterocycles. The summed E-state index contributed by atoms with van der Waals surface area (Å²) in [6.07, 6.45) is 2.07. The van der Waals surface area contributed by atoms with Crippen LogP contribution < -0.4 is 5.32 Å². The normalized spacial score (nSPS) is 16.3. The van der Waals surface area contributed by atoms with Crippen molar-refractivity contribution in [2.75, 3.05) is 26.3 Å². The van der Waals surface area contributed by atoms with Crippen molar-refractivity contribution in [3.05, 3.63) is 51.7 Å². The van der Waals surface area contributed by atoms with Crippen LogP contribution in [0.4, 0.5) is 0 Å². The number of carbonyl (C=O) groups is 2. The monoisotopic (exact) mass is 494 g/mol. The lowest BCUT2D eigenvalue weighted by Crippen LogP contribution is -2.39. The van der Waals surface area contributed by atoms with Gasteiger partial charge >= 0.3 is 5.97 Å². The number of aryl methyl sites for hydroxylation is 1.